The summed E-state index contributed by atoms with van der Waals surface area (Å²) in [5, 5.41) is 3.07. The Morgan fingerprint density at radius 3 is 2.95 bits per heavy atom. The number of nitrogens with zero attached hydrogens (tertiary/aromatic N) is 1. The molecular weight excluding hydrogens is 420 g/mol. The van der Waals surface area contributed by atoms with Crippen molar-refractivity contribution in [2.45, 2.75) is 25.3 Å². The van der Waals surface area contributed by atoms with E-state index in [0.29, 0.717) is 24.9 Å². The molecule has 3 heterocycles. The lowest BCUT2D eigenvalue weighted by Gasteiger charge is -2.41. The molecule has 2 unspecified atom stereocenters. The van der Waals surface area contributed by atoms with E-state index >= 15 is 0 Å². The van der Waals surface area contributed by atoms with Crippen molar-refractivity contribution >= 4 is 54.9 Å². The van der Waals surface area contributed by atoms with Gasteiger partial charge in [-0.15, -0.1) is 11.3 Å². The van der Waals surface area contributed by atoms with Crippen LogP contribution in [0.2, 0.25) is 0 Å². The quantitative estimate of drug-likeness (QED) is 0.742. The minimum Gasteiger partial charge on any atom is -0.353 e. The highest BCUT2D eigenvalue weighted by molar-refractivity contribution is 9.12. The highest BCUT2D eigenvalue weighted by atomic mass is 79.9. The van der Waals surface area contributed by atoms with Gasteiger partial charge in [-0.05, 0) is 56.7 Å². The van der Waals surface area contributed by atoms with Gasteiger partial charge in [0.25, 0.3) is 0 Å². The summed E-state index contributed by atoms with van der Waals surface area (Å²) in [6.45, 7) is 2.23. The number of hydrogen-bond donors (Lipinski definition) is 1. The van der Waals surface area contributed by atoms with E-state index in [0.717, 1.165) is 39.1 Å². The molecule has 1 aromatic heterocycles. The zero-order chi connectivity index (χ0) is 15.0. The van der Waals surface area contributed by atoms with Gasteiger partial charge in [0.1, 0.15) is 0 Å². The first-order valence-electron chi connectivity index (χ1n) is 7.02. The van der Waals surface area contributed by atoms with E-state index in [1.807, 2.05) is 6.07 Å². The number of likely N-dealkylation sites (tertiary alicyclic amines) is 1. The third-order valence-electron chi connectivity index (χ3n) is 4.23. The van der Waals surface area contributed by atoms with Crippen LogP contribution in [0.25, 0.3) is 0 Å². The van der Waals surface area contributed by atoms with Gasteiger partial charge in [0.2, 0.25) is 5.91 Å². The number of halogens is 2. The van der Waals surface area contributed by atoms with Crippen LogP contribution >= 0.6 is 43.2 Å². The second kappa shape index (κ2) is 6.48. The van der Waals surface area contributed by atoms with Crippen LogP contribution in [0.15, 0.2) is 13.6 Å². The number of carbonyl (C=O) groups excluding carboxylic acids is 2. The average molecular weight is 436 g/mol. The van der Waals surface area contributed by atoms with E-state index in [1.54, 1.807) is 0 Å². The monoisotopic (exact) mass is 434 g/mol. The Hall–Kier alpha value is -0.240. The number of piperidine rings is 2. The zero-order valence-corrected chi connectivity index (χ0v) is 15.4. The molecule has 2 atom stereocenters. The van der Waals surface area contributed by atoms with Gasteiger partial charge in [0, 0.05) is 31.1 Å². The van der Waals surface area contributed by atoms with Gasteiger partial charge in [-0.25, -0.2) is 0 Å². The van der Waals surface area contributed by atoms with Gasteiger partial charge in [-0.1, -0.05) is 0 Å². The lowest BCUT2D eigenvalue weighted by molar-refractivity contribution is -0.125. The van der Waals surface area contributed by atoms with Crippen LogP contribution in [0.4, 0.5) is 0 Å². The van der Waals surface area contributed by atoms with Gasteiger partial charge in [-0.2, -0.15) is 0 Å². The summed E-state index contributed by atoms with van der Waals surface area (Å²) in [5.74, 6) is 0.817. The first-order valence-corrected chi connectivity index (χ1v) is 9.43. The Morgan fingerprint density at radius 1 is 1.43 bits per heavy atom. The molecule has 7 heteroatoms. The maximum atomic E-state index is 12.4. The number of Topliss-reactive ketones (excluding diaryl/α,β-unsaturated/α-hetero) is 1. The van der Waals surface area contributed by atoms with E-state index in [2.05, 4.69) is 42.1 Å². The van der Waals surface area contributed by atoms with Crippen LogP contribution in [0.3, 0.4) is 0 Å². The predicted octanol–water partition coefficient (Wildman–Crippen LogP) is 3.06. The first-order chi connectivity index (χ1) is 10.0. The van der Waals surface area contributed by atoms with Crippen molar-refractivity contribution in [3.63, 3.8) is 0 Å². The number of nitrogens with one attached hydrogen (secondary N) is 1. The molecule has 1 aromatic rings. The second-order valence-corrected chi connectivity index (χ2v) is 9.41. The summed E-state index contributed by atoms with van der Waals surface area (Å²) in [4.78, 5) is 26.0. The fraction of sp³-hybridized carbons (Fsp3) is 0.571. The molecule has 114 valence electrons. The maximum Gasteiger partial charge on any atom is 0.220 e. The standard InChI is InChI=1S/C14H16Br2N2O2S/c15-12-5-9(14(16)21-12)11(19)7-18-4-3-10-8(6-18)1-2-13(20)17-10/h5,8,10H,1-4,6-7H2,(H,17,20). The van der Waals surface area contributed by atoms with Gasteiger partial charge >= 0.3 is 0 Å². The van der Waals surface area contributed by atoms with Crippen molar-refractivity contribution in [2.75, 3.05) is 19.6 Å². The van der Waals surface area contributed by atoms with E-state index < -0.39 is 0 Å². The number of thiophene rings is 1. The third-order valence-corrected chi connectivity index (χ3v) is 6.57. The van der Waals surface area contributed by atoms with Crippen molar-refractivity contribution in [3.8, 4) is 0 Å². The topological polar surface area (TPSA) is 49.4 Å². The normalized spacial score (nSPS) is 26.3. The minimum atomic E-state index is 0.155. The molecule has 1 N–H and O–H groups in total. The fourth-order valence-corrected chi connectivity index (χ4v) is 6.00. The number of rotatable bonds is 3. The van der Waals surface area contributed by atoms with E-state index in [9.17, 15) is 9.59 Å². The molecule has 2 aliphatic heterocycles. The van der Waals surface area contributed by atoms with E-state index in [4.69, 9.17) is 0 Å². The maximum absolute atomic E-state index is 12.4. The molecular formula is C14H16Br2N2O2S. The molecule has 0 radical (unpaired) electrons. The summed E-state index contributed by atoms with van der Waals surface area (Å²) in [7, 11) is 0. The van der Waals surface area contributed by atoms with Gasteiger partial charge in [0.05, 0.1) is 14.1 Å². The van der Waals surface area contributed by atoms with Crippen LogP contribution in [-0.4, -0.2) is 42.3 Å². The van der Waals surface area contributed by atoms with Crippen LogP contribution < -0.4 is 5.32 Å². The summed E-state index contributed by atoms with van der Waals surface area (Å²) in [6.07, 6.45) is 2.50. The molecule has 2 fully saturated rings. The summed E-state index contributed by atoms with van der Waals surface area (Å²) >= 11 is 8.38. The van der Waals surface area contributed by atoms with Crippen molar-refractivity contribution < 1.29 is 9.59 Å². The molecule has 2 saturated heterocycles. The van der Waals surface area contributed by atoms with Crippen molar-refractivity contribution in [1.29, 1.82) is 0 Å². The molecule has 0 bridgehead atoms. The summed E-state index contributed by atoms with van der Waals surface area (Å²) in [5.41, 5.74) is 0.756. The SMILES string of the molecule is O=C1CCC2CN(CC(=O)c3cc(Br)sc3Br)CCC2N1. The molecule has 2 aliphatic rings. The number of amides is 1. The van der Waals surface area contributed by atoms with Gasteiger partial charge < -0.3 is 5.32 Å². The van der Waals surface area contributed by atoms with Crippen molar-refractivity contribution in [3.05, 3.63) is 19.2 Å². The van der Waals surface area contributed by atoms with Crippen molar-refractivity contribution in [2.24, 2.45) is 5.92 Å². The lowest BCUT2D eigenvalue weighted by Crippen LogP contribution is -2.54. The Balaban J connectivity index is 1.60. The summed E-state index contributed by atoms with van der Waals surface area (Å²) in [6, 6.07) is 2.18. The molecule has 0 saturated carbocycles. The number of ketones is 1. The summed E-state index contributed by atoms with van der Waals surface area (Å²) < 4.78 is 1.85. The molecule has 21 heavy (non-hydrogen) atoms. The number of fused-ring (bicyclic) bond motifs is 1. The highest BCUT2D eigenvalue weighted by Crippen LogP contribution is 2.32. The van der Waals surface area contributed by atoms with Crippen LogP contribution in [0.1, 0.15) is 29.6 Å². The second-order valence-electron chi connectivity index (χ2n) is 5.66. The first kappa shape index (κ1) is 15.6. The Labute approximate surface area is 144 Å². The number of hydrogen-bond acceptors (Lipinski definition) is 4. The van der Waals surface area contributed by atoms with Crippen LogP contribution in [0.5, 0.6) is 0 Å². The molecule has 4 nitrogen and oxygen atoms in total. The molecule has 0 aromatic carbocycles. The molecule has 0 aliphatic carbocycles. The molecule has 1 amide bonds. The van der Waals surface area contributed by atoms with E-state index in [-0.39, 0.29) is 11.7 Å². The third kappa shape index (κ3) is 3.57. The smallest absolute Gasteiger partial charge is 0.220 e. The Kier molecular flexibility index (Phi) is 4.83. The van der Waals surface area contributed by atoms with Gasteiger partial charge in [-0.3, -0.25) is 14.5 Å². The predicted molar refractivity (Wildman–Crippen MR) is 89.8 cm³/mol. The number of carbonyl (C=O) groups is 2. The fourth-order valence-electron chi connectivity index (χ4n) is 3.15. The van der Waals surface area contributed by atoms with Crippen LogP contribution in [0, 0.1) is 5.92 Å². The van der Waals surface area contributed by atoms with Gasteiger partial charge in [0.15, 0.2) is 5.78 Å². The Morgan fingerprint density at radius 2 is 2.24 bits per heavy atom. The largest absolute Gasteiger partial charge is 0.353 e. The van der Waals surface area contributed by atoms with E-state index in [1.165, 1.54) is 11.3 Å². The minimum absolute atomic E-state index is 0.155. The zero-order valence-electron chi connectivity index (χ0n) is 11.4. The van der Waals surface area contributed by atoms with Crippen molar-refractivity contribution in [1.82, 2.24) is 10.2 Å². The highest BCUT2D eigenvalue weighted by Gasteiger charge is 2.34. The van der Waals surface area contributed by atoms with Crippen LogP contribution in [-0.2, 0) is 4.79 Å². The Bertz CT molecular complexity index is 575. The molecule has 3 rings (SSSR count). The lowest BCUT2D eigenvalue weighted by atomic mass is 9.85. The molecule has 0 spiro atoms. The average Bonchev–Trinajstić information content (AvgIpc) is 2.78.